The summed E-state index contributed by atoms with van der Waals surface area (Å²) < 4.78 is 0. The smallest absolute Gasteiger partial charge is 0.246 e. The summed E-state index contributed by atoms with van der Waals surface area (Å²) >= 11 is 0. The molecule has 1 aliphatic rings. The molecular formula is C28H50N6O9. The summed E-state index contributed by atoms with van der Waals surface area (Å²) in [5, 5.41) is 39.7. The first-order valence-corrected chi connectivity index (χ1v) is 15.4. The zero-order chi connectivity index (χ0) is 31.9. The summed E-state index contributed by atoms with van der Waals surface area (Å²) in [5.74, 6) is -2.57. The molecule has 0 radical (unpaired) electrons. The molecule has 0 unspecified atom stereocenters. The highest BCUT2D eigenvalue weighted by Crippen LogP contribution is 2.05. The van der Waals surface area contributed by atoms with Crippen molar-refractivity contribution in [2.45, 2.75) is 103 Å². The zero-order valence-electron chi connectivity index (χ0n) is 25.2. The number of nitrogens with one attached hydrogen (secondary N) is 3. The molecular weight excluding hydrogens is 564 g/mol. The van der Waals surface area contributed by atoms with Crippen LogP contribution < -0.4 is 16.0 Å². The van der Waals surface area contributed by atoms with Crippen molar-refractivity contribution < 1.29 is 44.4 Å². The second kappa shape index (κ2) is 23.2. The van der Waals surface area contributed by atoms with Gasteiger partial charge in [-0.3, -0.25) is 44.4 Å². The van der Waals surface area contributed by atoms with Crippen molar-refractivity contribution in [1.82, 2.24) is 31.1 Å². The van der Waals surface area contributed by atoms with Crippen LogP contribution in [0.4, 0.5) is 0 Å². The molecule has 0 aromatic rings. The van der Waals surface area contributed by atoms with Crippen LogP contribution in [0.5, 0.6) is 0 Å². The minimum atomic E-state index is -0.562. The van der Waals surface area contributed by atoms with Gasteiger partial charge >= 0.3 is 0 Å². The third kappa shape index (κ3) is 19.5. The molecule has 0 bridgehead atoms. The van der Waals surface area contributed by atoms with Crippen LogP contribution >= 0.6 is 0 Å². The molecule has 1 heterocycles. The van der Waals surface area contributed by atoms with Gasteiger partial charge in [-0.2, -0.15) is 0 Å². The molecule has 15 heteroatoms. The molecule has 0 spiro atoms. The molecule has 43 heavy (non-hydrogen) atoms. The summed E-state index contributed by atoms with van der Waals surface area (Å²) in [6.07, 6.45) is 5.76. The topological polar surface area (TPSA) is 209 Å². The van der Waals surface area contributed by atoms with E-state index in [0.717, 1.165) is 12.8 Å². The Kier molecular flexibility index (Phi) is 20.3. The van der Waals surface area contributed by atoms with E-state index in [9.17, 15) is 44.4 Å². The van der Waals surface area contributed by atoms with Crippen molar-refractivity contribution in [2.24, 2.45) is 0 Å². The Labute approximate surface area is 253 Å². The van der Waals surface area contributed by atoms with Gasteiger partial charge in [-0.15, -0.1) is 0 Å². The normalized spacial score (nSPS) is 21.4. The standard InChI is InChI=1S/C28H50N6O9/c35-23-11-15-27(39)33(42)21-9-4-7-19-31-25(37)13-16-28(40)34(43)22-10-3-6-18-30-24(36)12-14-26(38)32(41)20-8-2-1-5-17-29-23/h41-43H,1-22H2,(H,29,35)(H,30,36)(H,31,37). The highest BCUT2D eigenvalue weighted by molar-refractivity contribution is 5.84. The fourth-order valence-corrected chi connectivity index (χ4v) is 4.24. The van der Waals surface area contributed by atoms with Crippen LogP contribution in [-0.2, 0) is 28.8 Å². The Morgan fingerprint density at radius 3 is 0.930 bits per heavy atom. The van der Waals surface area contributed by atoms with Crippen molar-refractivity contribution in [1.29, 1.82) is 0 Å². The lowest BCUT2D eigenvalue weighted by atomic mass is 10.2. The van der Waals surface area contributed by atoms with Crippen LogP contribution in [-0.4, -0.2) is 106 Å². The SMILES string of the molecule is O=C1CCC(=O)N(O)CCCCCCNC(=O)CCC(=O)N(O)CCCCCNC(=O)CCC(=O)N(O)CCCCCN1. The Morgan fingerprint density at radius 1 is 0.372 bits per heavy atom. The van der Waals surface area contributed by atoms with Crippen molar-refractivity contribution in [3.05, 3.63) is 0 Å². The lowest BCUT2D eigenvalue weighted by molar-refractivity contribution is -0.166. The first-order chi connectivity index (χ1) is 20.6. The molecule has 6 N–H and O–H groups in total. The van der Waals surface area contributed by atoms with Crippen molar-refractivity contribution in [3.63, 3.8) is 0 Å². The van der Waals surface area contributed by atoms with Gasteiger partial charge in [-0.1, -0.05) is 12.8 Å². The predicted octanol–water partition coefficient (Wildman–Crippen LogP) is 1.24. The van der Waals surface area contributed by atoms with E-state index in [1.54, 1.807) is 0 Å². The molecule has 0 atom stereocenters. The zero-order valence-corrected chi connectivity index (χ0v) is 25.2. The van der Waals surface area contributed by atoms with E-state index < -0.39 is 17.7 Å². The third-order valence-electron chi connectivity index (χ3n) is 6.92. The van der Waals surface area contributed by atoms with E-state index >= 15 is 0 Å². The molecule has 15 nitrogen and oxygen atoms in total. The summed E-state index contributed by atoms with van der Waals surface area (Å²) in [5.41, 5.74) is 0. The molecule has 1 fully saturated rings. The molecule has 0 aromatic heterocycles. The average molecular weight is 615 g/mol. The molecule has 0 aromatic carbocycles. The first-order valence-electron chi connectivity index (χ1n) is 15.4. The van der Waals surface area contributed by atoms with E-state index in [2.05, 4.69) is 16.0 Å². The second-order valence-corrected chi connectivity index (χ2v) is 10.6. The number of nitrogens with zero attached hydrogens (tertiary/aromatic N) is 3. The van der Waals surface area contributed by atoms with Gasteiger partial charge < -0.3 is 16.0 Å². The van der Waals surface area contributed by atoms with E-state index in [1.165, 1.54) is 0 Å². The molecule has 1 aliphatic heterocycles. The lowest BCUT2D eigenvalue weighted by Crippen LogP contribution is -2.32. The maximum Gasteiger partial charge on any atom is 0.246 e. The van der Waals surface area contributed by atoms with Gasteiger partial charge in [0.15, 0.2) is 0 Å². The highest BCUT2D eigenvalue weighted by Gasteiger charge is 2.15. The van der Waals surface area contributed by atoms with E-state index in [0.29, 0.717) is 86.2 Å². The van der Waals surface area contributed by atoms with Crippen LogP contribution in [0.2, 0.25) is 0 Å². The van der Waals surface area contributed by atoms with Gasteiger partial charge in [0.25, 0.3) is 0 Å². The van der Waals surface area contributed by atoms with Gasteiger partial charge in [-0.25, -0.2) is 15.2 Å². The van der Waals surface area contributed by atoms with Crippen molar-refractivity contribution in [2.75, 3.05) is 39.3 Å². The van der Waals surface area contributed by atoms with Crippen LogP contribution in [0, 0.1) is 0 Å². The summed E-state index contributed by atoms with van der Waals surface area (Å²) in [4.78, 5) is 72.1. The average Bonchev–Trinajstić information content (AvgIpc) is 2.99. The number of amides is 6. The van der Waals surface area contributed by atoms with Crippen LogP contribution in [0.15, 0.2) is 0 Å². The van der Waals surface area contributed by atoms with Gasteiger partial charge in [0.1, 0.15) is 0 Å². The largest absolute Gasteiger partial charge is 0.356 e. The van der Waals surface area contributed by atoms with Crippen molar-refractivity contribution in [3.8, 4) is 0 Å². The Hall–Kier alpha value is -3.30. The lowest BCUT2D eigenvalue weighted by Gasteiger charge is -2.16. The first kappa shape index (κ1) is 37.7. The second-order valence-electron chi connectivity index (χ2n) is 10.6. The van der Waals surface area contributed by atoms with E-state index in [4.69, 9.17) is 0 Å². The van der Waals surface area contributed by atoms with E-state index in [-0.39, 0.29) is 75.9 Å². The Morgan fingerprint density at radius 2 is 0.628 bits per heavy atom. The van der Waals surface area contributed by atoms with Gasteiger partial charge in [0.05, 0.1) is 0 Å². The molecule has 0 saturated carbocycles. The van der Waals surface area contributed by atoms with Crippen molar-refractivity contribution >= 4 is 35.4 Å². The predicted molar refractivity (Wildman–Crippen MR) is 153 cm³/mol. The summed E-state index contributed by atoms with van der Waals surface area (Å²) in [6.45, 7) is 1.55. The number of carbonyl (C=O) groups is 6. The fourth-order valence-electron chi connectivity index (χ4n) is 4.24. The minimum Gasteiger partial charge on any atom is -0.356 e. The molecule has 246 valence electrons. The summed E-state index contributed by atoms with van der Waals surface area (Å²) in [7, 11) is 0. The quantitative estimate of drug-likeness (QED) is 0.217. The number of rotatable bonds is 0. The number of hydrogen-bond donors (Lipinski definition) is 6. The number of hydroxylamine groups is 6. The Bertz CT molecular complexity index is 889. The maximum atomic E-state index is 12.1. The summed E-state index contributed by atoms with van der Waals surface area (Å²) in [6, 6.07) is 0. The molecule has 6 amide bonds. The van der Waals surface area contributed by atoms with Crippen LogP contribution in [0.3, 0.4) is 0 Å². The van der Waals surface area contributed by atoms with Gasteiger partial charge in [-0.05, 0) is 51.4 Å². The molecule has 0 aliphatic carbocycles. The highest BCUT2D eigenvalue weighted by atomic mass is 16.5. The van der Waals surface area contributed by atoms with Gasteiger partial charge in [0, 0.05) is 77.8 Å². The van der Waals surface area contributed by atoms with E-state index in [1.807, 2.05) is 0 Å². The molecule has 1 rings (SSSR count). The third-order valence-corrected chi connectivity index (χ3v) is 6.92. The number of hydrogen-bond acceptors (Lipinski definition) is 9. The fraction of sp³-hybridized carbons (Fsp3) is 0.786. The number of carbonyl (C=O) groups excluding carboxylic acids is 6. The van der Waals surface area contributed by atoms with Crippen LogP contribution in [0.1, 0.15) is 103 Å². The van der Waals surface area contributed by atoms with Crippen LogP contribution in [0.25, 0.3) is 0 Å². The minimum absolute atomic E-state index is 0.0436. The Balaban J connectivity index is 2.47. The van der Waals surface area contributed by atoms with Gasteiger partial charge in [0.2, 0.25) is 35.4 Å². The monoisotopic (exact) mass is 614 g/mol. The maximum absolute atomic E-state index is 12.1. The molecule has 1 saturated heterocycles.